The lowest BCUT2D eigenvalue weighted by Crippen LogP contribution is -2.22. The van der Waals surface area contributed by atoms with E-state index in [1.165, 1.54) is 0 Å². The molecule has 1 saturated heterocycles. The van der Waals surface area contributed by atoms with Crippen LogP contribution in [-0.2, 0) is 4.74 Å². The molecule has 2 unspecified atom stereocenters. The van der Waals surface area contributed by atoms with Crippen molar-refractivity contribution in [2.24, 2.45) is 5.92 Å². The molecule has 0 radical (unpaired) electrons. The zero-order chi connectivity index (χ0) is 9.19. The van der Waals surface area contributed by atoms with Crippen LogP contribution in [0.5, 0.6) is 0 Å². The summed E-state index contributed by atoms with van der Waals surface area (Å²) in [5, 5.41) is 0. The summed E-state index contributed by atoms with van der Waals surface area (Å²) < 4.78 is 41.3. The van der Waals surface area contributed by atoms with E-state index in [9.17, 15) is 13.2 Å². The molecule has 0 aromatic carbocycles. The first-order valence-electron chi connectivity index (χ1n) is 4.22. The summed E-state index contributed by atoms with van der Waals surface area (Å²) in [6.07, 6.45) is -2.46. The van der Waals surface area contributed by atoms with Crippen LogP contribution < -0.4 is 0 Å². The molecular weight excluding hydrogens is 169 g/mol. The van der Waals surface area contributed by atoms with E-state index >= 15 is 0 Å². The Kier molecular flexibility index (Phi) is 2.99. The average molecular weight is 182 g/mol. The largest absolute Gasteiger partial charge is 0.394 e. The topological polar surface area (TPSA) is 9.23 Å². The van der Waals surface area contributed by atoms with Crippen molar-refractivity contribution in [1.29, 1.82) is 0 Å². The van der Waals surface area contributed by atoms with Crippen LogP contribution in [0.2, 0.25) is 0 Å². The highest BCUT2D eigenvalue weighted by atomic mass is 19.4. The Hall–Kier alpha value is -0.250. The number of hydrogen-bond acceptors (Lipinski definition) is 1. The van der Waals surface area contributed by atoms with Crippen molar-refractivity contribution in [2.75, 3.05) is 6.61 Å². The first kappa shape index (κ1) is 9.84. The molecule has 4 heteroatoms. The van der Waals surface area contributed by atoms with Crippen LogP contribution >= 0.6 is 0 Å². The van der Waals surface area contributed by atoms with Crippen LogP contribution in [0.15, 0.2) is 0 Å². The zero-order valence-electron chi connectivity index (χ0n) is 7.03. The van der Waals surface area contributed by atoms with Gasteiger partial charge in [-0.15, -0.1) is 0 Å². The molecule has 2 atom stereocenters. The molecule has 0 aromatic rings. The Balaban J connectivity index is 2.35. The van der Waals surface area contributed by atoms with Gasteiger partial charge in [-0.2, -0.15) is 13.2 Å². The Morgan fingerprint density at radius 2 is 2.08 bits per heavy atom. The third kappa shape index (κ3) is 2.37. The van der Waals surface area contributed by atoms with Gasteiger partial charge in [-0.05, 0) is 12.8 Å². The normalized spacial score (nSPS) is 31.0. The Morgan fingerprint density at radius 1 is 1.42 bits per heavy atom. The van der Waals surface area contributed by atoms with Gasteiger partial charge in [0.2, 0.25) is 0 Å². The predicted octanol–water partition coefficient (Wildman–Crippen LogP) is 2.75. The summed E-state index contributed by atoms with van der Waals surface area (Å²) in [6, 6.07) is 0. The number of hydrogen-bond donors (Lipinski definition) is 0. The fourth-order valence-electron chi connectivity index (χ4n) is 1.46. The van der Waals surface area contributed by atoms with Crippen LogP contribution in [0.3, 0.4) is 0 Å². The van der Waals surface area contributed by atoms with Crippen LogP contribution in [0, 0.1) is 5.92 Å². The second-order valence-electron chi connectivity index (χ2n) is 3.22. The van der Waals surface area contributed by atoms with Gasteiger partial charge in [0.25, 0.3) is 0 Å². The number of halogens is 3. The summed E-state index contributed by atoms with van der Waals surface area (Å²) >= 11 is 0. The maximum Gasteiger partial charge on any atom is 0.394 e. The van der Waals surface area contributed by atoms with Crippen molar-refractivity contribution in [1.82, 2.24) is 0 Å². The van der Waals surface area contributed by atoms with Crippen molar-refractivity contribution in [2.45, 2.75) is 38.5 Å². The Morgan fingerprint density at radius 3 is 2.50 bits per heavy atom. The van der Waals surface area contributed by atoms with Gasteiger partial charge in [0.1, 0.15) is 0 Å². The van der Waals surface area contributed by atoms with Gasteiger partial charge >= 0.3 is 6.18 Å². The molecule has 0 aliphatic carbocycles. The highest BCUT2D eigenvalue weighted by Crippen LogP contribution is 2.35. The third-order valence-electron chi connectivity index (χ3n) is 2.15. The Bertz CT molecular complexity index is 144. The molecule has 12 heavy (non-hydrogen) atoms. The maximum atomic E-state index is 12.1. The molecule has 0 bridgehead atoms. The van der Waals surface area contributed by atoms with Gasteiger partial charge in [-0.3, -0.25) is 0 Å². The van der Waals surface area contributed by atoms with Crippen LogP contribution in [0.4, 0.5) is 13.2 Å². The molecule has 0 spiro atoms. The number of ether oxygens (including phenoxy) is 1. The van der Waals surface area contributed by atoms with Crippen molar-refractivity contribution in [3.05, 3.63) is 0 Å². The molecule has 0 amide bonds. The summed E-state index contributed by atoms with van der Waals surface area (Å²) in [5.74, 6) is -1.23. The smallest absolute Gasteiger partial charge is 0.378 e. The van der Waals surface area contributed by atoms with E-state index in [1.54, 1.807) is 0 Å². The molecule has 1 nitrogen and oxygen atoms in total. The maximum absolute atomic E-state index is 12.1. The first-order valence-corrected chi connectivity index (χ1v) is 4.22. The van der Waals surface area contributed by atoms with Crippen LogP contribution in [0.1, 0.15) is 26.2 Å². The van der Waals surface area contributed by atoms with Gasteiger partial charge in [-0.1, -0.05) is 13.3 Å². The van der Waals surface area contributed by atoms with Gasteiger partial charge in [0.05, 0.1) is 18.6 Å². The molecule has 1 heterocycles. The molecular formula is C8H13F3O. The summed E-state index contributed by atoms with van der Waals surface area (Å²) in [5.41, 5.74) is 0. The van der Waals surface area contributed by atoms with Crippen molar-refractivity contribution in [3.63, 3.8) is 0 Å². The quantitative estimate of drug-likeness (QED) is 0.638. The standard InChI is InChI=1S/C8H13F3O/c1-2-3-7-4-6(5-12-7)8(9,10)11/h6-7H,2-5H2,1H3. The van der Waals surface area contributed by atoms with Gasteiger partial charge in [0.15, 0.2) is 0 Å². The highest BCUT2D eigenvalue weighted by Gasteiger charge is 2.44. The van der Waals surface area contributed by atoms with E-state index in [4.69, 9.17) is 4.74 Å². The van der Waals surface area contributed by atoms with E-state index in [0.717, 1.165) is 12.8 Å². The summed E-state index contributed by atoms with van der Waals surface area (Å²) in [7, 11) is 0. The van der Waals surface area contributed by atoms with Gasteiger partial charge < -0.3 is 4.74 Å². The highest BCUT2D eigenvalue weighted by molar-refractivity contribution is 4.78. The molecule has 1 aliphatic rings. The lowest BCUT2D eigenvalue weighted by Gasteiger charge is -2.11. The van der Waals surface area contributed by atoms with Crippen molar-refractivity contribution >= 4 is 0 Å². The van der Waals surface area contributed by atoms with E-state index < -0.39 is 12.1 Å². The molecule has 0 aromatic heterocycles. The zero-order valence-corrected chi connectivity index (χ0v) is 7.03. The Labute approximate surface area is 69.9 Å². The minimum Gasteiger partial charge on any atom is -0.378 e. The second-order valence-corrected chi connectivity index (χ2v) is 3.22. The molecule has 1 aliphatic heterocycles. The van der Waals surface area contributed by atoms with Gasteiger partial charge in [-0.25, -0.2) is 0 Å². The van der Waals surface area contributed by atoms with E-state index in [0.29, 0.717) is 0 Å². The van der Waals surface area contributed by atoms with E-state index in [-0.39, 0.29) is 19.1 Å². The first-order chi connectivity index (χ1) is 5.54. The summed E-state index contributed by atoms with van der Waals surface area (Å²) in [6.45, 7) is 1.80. The fraction of sp³-hybridized carbons (Fsp3) is 1.00. The lowest BCUT2D eigenvalue weighted by atomic mass is 10.0. The van der Waals surface area contributed by atoms with Gasteiger partial charge in [0, 0.05) is 0 Å². The van der Waals surface area contributed by atoms with E-state index in [1.807, 2.05) is 6.92 Å². The second kappa shape index (κ2) is 3.64. The third-order valence-corrected chi connectivity index (χ3v) is 2.15. The predicted molar refractivity (Wildman–Crippen MR) is 38.8 cm³/mol. The monoisotopic (exact) mass is 182 g/mol. The molecule has 72 valence electrons. The molecule has 1 rings (SSSR count). The minimum atomic E-state index is -4.07. The minimum absolute atomic E-state index is 0.145. The van der Waals surface area contributed by atoms with Crippen LogP contribution in [0.25, 0.3) is 0 Å². The SMILES string of the molecule is CCCC1CC(C(F)(F)F)CO1. The van der Waals surface area contributed by atoms with Crippen molar-refractivity contribution in [3.8, 4) is 0 Å². The van der Waals surface area contributed by atoms with Crippen LogP contribution in [-0.4, -0.2) is 18.9 Å². The average Bonchev–Trinajstić information content (AvgIpc) is 2.35. The lowest BCUT2D eigenvalue weighted by molar-refractivity contribution is -0.173. The van der Waals surface area contributed by atoms with E-state index in [2.05, 4.69) is 0 Å². The van der Waals surface area contributed by atoms with Crippen molar-refractivity contribution < 1.29 is 17.9 Å². The molecule has 0 N–H and O–H groups in total. The number of rotatable bonds is 2. The molecule has 1 fully saturated rings. The number of alkyl halides is 3. The summed E-state index contributed by atoms with van der Waals surface area (Å²) in [4.78, 5) is 0. The molecule has 0 saturated carbocycles. The fourth-order valence-corrected chi connectivity index (χ4v) is 1.46.